The predicted octanol–water partition coefficient (Wildman–Crippen LogP) is 0.879. The zero-order valence-electron chi connectivity index (χ0n) is 8.14. The van der Waals surface area contributed by atoms with Crippen molar-refractivity contribution < 1.29 is 19.7 Å². The molecule has 1 atom stereocenters. The Hall–Kier alpha value is -1.39. The Balaban J connectivity index is 2.40. The molecule has 2 rings (SSSR count). The van der Waals surface area contributed by atoms with Gasteiger partial charge in [0.05, 0.1) is 19.6 Å². The van der Waals surface area contributed by atoms with E-state index in [-0.39, 0.29) is 13.0 Å². The van der Waals surface area contributed by atoms with E-state index in [2.05, 4.69) is 0 Å². The Bertz CT molecular complexity index is 388. The molecule has 1 aromatic rings. The van der Waals surface area contributed by atoms with Gasteiger partial charge in [0.15, 0.2) is 0 Å². The summed E-state index contributed by atoms with van der Waals surface area (Å²) in [5, 5.41) is 18.9. The number of carbonyl (C=O) groups is 1. The van der Waals surface area contributed by atoms with Crippen LogP contribution < -0.4 is 0 Å². The second kappa shape index (κ2) is 3.64. The highest BCUT2D eigenvalue weighted by molar-refractivity contribution is 5.69. The largest absolute Gasteiger partial charge is 0.481 e. The number of benzene rings is 1. The lowest BCUT2D eigenvalue weighted by molar-refractivity contribution is -0.148. The average Bonchev–Trinajstić information content (AvgIpc) is 2.17. The number of carboxylic acids is 1. The lowest BCUT2D eigenvalue weighted by atomic mass is 9.86. The fourth-order valence-corrected chi connectivity index (χ4v) is 1.90. The van der Waals surface area contributed by atoms with Crippen LogP contribution in [0.4, 0.5) is 0 Å². The van der Waals surface area contributed by atoms with Gasteiger partial charge in [-0.3, -0.25) is 4.79 Å². The predicted molar refractivity (Wildman–Crippen MR) is 52.2 cm³/mol. The first-order valence-electron chi connectivity index (χ1n) is 4.72. The summed E-state index contributed by atoms with van der Waals surface area (Å²) in [5.41, 5.74) is 0.131. The van der Waals surface area contributed by atoms with Crippen molar-refractivity contribution in [2.75, 3.05) is 6.61 Å². The molecule has 1 heterocycles. The number of fused-ring (bicyclic) bond motifs is 1. The highest BCUT2D eigenvalue weighted by Crippen LogP contribution is 2.32. The molecule has 0 saturated heterocycles. The van der Waals surface area contributed by atoms with E-state index in [4.69, 9.17) is 9.84 Å². The quantitative estimate of drug-likeness (QED) is 0.757. The molecule has 80 valence electrons. The molecule has 1 aliphatic rings. The molecule has 4 nitrogen and oxygen atoms in total. The zero-order valence-corrected chi connectivity index (χ0v) is 8.14. The van der Waals surface area contributed by atoms with Crippen LogP contribution in [0.2, 0.25) is 0 Å². The van der Waals surface area contributed by atoms with Crippen molar-refractivity contribution in [2.45, 2.75) is 18.6 Å². The van der Waals surface area contributed by atoms with Gasteiger partial charge in [0.2, 0.25) is 0 Å². The van der Waals surface area contributed by atoms with Crippen molar-refractivity contribution in [3.63, 3.8) is 0 Å². The molecule has 0 fully saturated rings. The summed E-state index contributed by atoms with van der Waals surface area (Å²) in [6.45, 7) is 0.467. The van der Waals surface area contributed by atoms with Gasteiger partial charge in [0.25, 0.3) is 0 Å². The summed E-state index contributed by atoms with van der Waals surface area (Å²) >= 11 is 0. The van der Waals surface area contributed by atoms with Crippen LogP contribution in [0.1, 0.15) is 17.5 Å². The molecule has 1 aliphatic heterocycles. The van der Waals surface area contributed by atoms with Gasteiger partial charge in [-0.2, -0.15) is 0 Å². The third-order valence-electron chi connectivity index (χ3n) is 2.56. The van der Waals surface area contributed by atoms with E-state index in [0.29, 0.717) is 12.2 Å². The van der Waals surface area contributed by atoms with Gasteiger partial charge < -0.3 is 14.9 Å². The molecule has 1 aromatic carbocycles. The van der Waals surface area contributed by atoms with Crippen LogP contribution in [-0.4, -0.2) is 22.8 Å². The zero-order chi connectivity index (χ0) is 10.9. The molecule has 0 aromatic heterocycles. The molecule has 0 aliphatic carbocycles. The number of hydrogen-bond donors (Lipinski definition) is 2. The third-order valence-corrected chi connectivity index (χ3v) is 2.56. The average molecular weight is 208 g/mol. The minimum atomic E-state index is -1.39. The molecule has 2 N–H and O–H groups in total. The summed E-state index contributed by atoms with van der Waals surface area (Å²) in [4.78, 5) is 10.7. The highest BCUT2D eigenvalue weighted by Gasteiger charge is 2.37. The van der Waals surface area contributed by atoms with Crippen molar-refractivity contribution in [3.8, 4) is 0 Å². The van der Waals surface area contributed by atoms with Crippen molar-refractivity contribution >= 4 is 5.97 Å². The standard InChI is InChI=1S/C11H12O4/c12-10(13)5-11(14)7-15-6-8-3-1-2-4-9(8)11/h1-4,14H,5-7H2,(H,12,13). The summed E-state index contributed by atoms with van der Waals surface area (Å²) in [6, 6.07) is 7.22. The Morgan fingerprint density at radius 2 is 2.20 bits per heavy atom. The molecular weight excluding hydrogens is 196 g/mol. The summed E-state index contributed by atoms with van der Waals surface area (Å²) in [5.74, 6) is -1.03. The Morgan fingerprint density at radius 3 is 2.93 bits per heavy atom. The first kappa shape index (κ1) is 10.1. The molecule has 0 saturated carbocycles. The Kier molecular flexibility index (Phi) is 2.46. The summed E-state index contributed by atoms with van der Waals surface area (Å²) in [7, 11) is 0. The smallest absolute Gasteiger partial charge is 0.306 e. The monoisotopic (exact) mass is 208 g/mol. The molecule has 15 heavy (non-hydrogen) atoms. The molecule has 0 spiro atoms. The number of aliphatic hydroxyl groups is 1. The lowest BCUT2D eigenvalue weighted by Crippen LogP contribution is -2.38. The number of ether oxygens (including phenoxy) is 1. The van der Waals surface area contributed by atoms with E-state index in [1.54, 1.807) is 12.1 Å². The number of aliphatic carboxylic acids is 1. The Labute approximate surface area is 87.1 Å². The molecule has 0 amide bonds. The topological polar surface area (TPSA) is 66.8 Å². The second-order valence-corrected chi connectivity index (χ2v) is 3.75. The van der Waals surface area contributed by atoms with Crippen LogP contribution in [0.5, 0.6) is 0 Å². The maximum absolute atomic E-state index is 10.7. The SMILES string of the molecule is O=C(O)CC1(O)COCc2ccccc21. The molecule has 0 bridgehead atoms. The molecule has 0 radical (unpaired) electrons. The molecular formula is C11H12O4. The van der Waals surface area contributed by atoms with Gasteiger partial charge in [-0.1, -0.05) is 24.3 Å². The Morgan fingerprint density at radius 1 is 1.47 bits per heavy atom. The van der Waals surface area contributed by atoms with Gasteiger partial charge in [-0.25, -0.2) is 0 Å². The van der Waals surface area contributed by atoms with Crippen LogP contribution in [0, 0.1) is 0 Å². The number of hydrogen-bond acceptors (Lipinski definition) is 3. The fourth-order valence-electron chi connectivity index (χ4n) is 1.90. The normalized spacial score (nSPS) is 24.6. The van der Waals surface area contributed by atoms with Crippen molar-refractivity contribution in [2.24, 2.45) is 0 Å². The van der Waals surface area contributed by atoms with Crippen LogP contribution in [0.15, 0.2) is 24.3 Å². The molecule has 4 heteroatoms. The van der Waals surface area contributed by atoms with E-state index >= 15 is 0 Å². The van der Waals surface area contributed by atoms with E-state index in [1.165, 1.54) is 0 Å². The van der Waals surface area contributed by atoms with E-state index in [9.17, 15) is 9.90 Å². The van der Waals surface area contributed by atoms with Gasteiger partial charge >= 0.3 is 5.97 Å². The second-order valence-electron chi connectivity index (χ2n) is 3.75. The van der Waals surface area contributed by atoms with E-state index < -0.39 is 11.6 Å². The maximum atomic E-state index is 10.7. The van der Waals surface area contributed by atoms with Crippen molar-refractivity contribution in [1.29, 1.82) is 0 Å². The number of carboxylic acid groups (broad SMARTS) is 1. The van der Waals surface area contributed by atoms with E-state index in [1.807, 2.05) is 12.1 Å². The minimum Gasteiger partial charge on any atom is -0.481 e. The van der Waals surface area contributed by atoms with Crippen molar-refractivity contribution in [1.82, 2.24) is 0 Å². The van der Waals surface area contributed by atoms with Gasteiger partial charge in [-0.05, 0) is 11.1 Å². The first-order valence-corrected chi connectivity index (χ1v) is 4.72. The van der Waals surface area contributed by atoms with Crippen LogP contribution >= 0.6 is 0 Å². The maximum Gasteiger partial charge on any atom is 0.306 e. The van der Waals surface area contributed by atoms with Crippen LogP contribution in [0.3, 0.4) is 0 Å². The summed E-state index contributed by atoms with van der Waals surface area (Å²) < 4.78 is 5.20. The third kappa shape index (κ3) is 1.86. The van der Waals surface area contributed by atoms with Gasteiger partial charge in [-0.15, -0.1) is 0 Å². The van der Waals surface area contributed by atoms with Crippen molar-refractivity contribution in [3.05, 3.63) is 35.4 Å². The lowest BCUT2D eigenvalue weighted by Gasteiger charge is -2.33. The molecule has 1 unspecified atom stereocenters. The summed E-state index contributed by atoms with van der Waals surface area (Å²) in [6.07, 6.45) is -0.329. The number of rotatable bonds is 2. The van der Waals surface area contributed by atoms with E-state index in [0.717, 1.165) is 5.56 Å². The van der Waals surface area contributed by atoms with Gasteiger partial charge in [0, 0.05) is 0 Å². The van der Waals surface area contributed by atoms with Gasteiger partial charge in [0.1, 0.15) is 5.60 Å². The first-order chi connectivity index (χ1) is 7.12. The highest BCUT2D eigenvalue weighted by atomic mass is 16.5. The van der Waals surface area contributed by atoms with Crippen LogP contribution in [-0.2, 0) is 21.7 Å². The van der Waals surface area contributed by atoms with Crippen LogP contribution in [0.25, 0.3) is 0 Å². The fraction of sp³-hybridized carbons (Fsp3) is 0.364. The minimum absolute atomic E-state index is 0.0380.